The molecular formula is C15H21N3O3. The summed E-state index contributed by atoms with van der Waals surface area (Å²) in [6.45, 7) is 0.930. The zero-order valence-corrected chi connectivity index (χ0v) is 11.9. The van der Waals surface area contributed by atoms with E-state index >= 15 is 0 Å². The Morgan fingerprint density at radius 1 is 1.33 bits per heavy atom. The fourth-order valence-electron chi connectivity index (χ4n) is 2.58. The van der Waals surface area contributed by atoms with E-state index in [-0.39, 0.29) is 12.5 Å². The van der Waals surface area contributed by atoms with Crippen LogP contribution in [0, 0.1) is 0 Å². The van der Waals surface area contributed by atoms with Gasteiger partial charge in [-0.2, -0.15) is 0 Å². The van der Waals surface area contributed by atoms with Gasteiger partial charge in [-0.25, -0.2) is 0 Å². The van der Waals surface area contributed by atoms with Crippen LogP contribution in [0.1, 0.15) is 12.0 Å². The monoisotopic (exact) mass is 291 g/mol. The second-order valence-electron chi connectivity index (χ2n) is 5.32. The highest BCUT2D eigenvalue weighted by atomic mass is 16.3. The number of hydrogen-bond donors (Lipinski definition) is 3. The molecule has 0 aromatic heterocycles. The maximum absolute atomic E-state index is 11.9. The number of aliphatic hydroxyl groups excluding tert-OH is 1. The SMILES string of the molecule is NC(=O)[C@@H]1C[C@H](O)CN1CC(=O)NCCc1ccccc1. The van der Waals surface area contributed by atoms with Crippen molar-refractivity contribution in [2.24, 2.45) is 5.73 Å². The first-order valence-corrected chi connectivity index (χ1v) is 7.08. The zero-order valence-electron chi connectivity index (χ0n) is 11.9. The van der Waals surface area contributed by atoms with Crippen LogP contribution < -0.4 is 11.1 Å². The van der Waals surface area contributed by atoms with Crippen molar-refractivity contribution < 1.29 is 14.7 Å². The molecule has 6 nitrogen and oxygen atoms in total. The van der Waals surface area contributed by atoms with Crippen molar-refractivity contribution in [3.8, 4) is 0 Å². The third-order valence-electron chi connectivity index (χ3n) is 3.64. The Labute approximate surface area is 123 Å². The van der Waals surface area contributed by atoms with Gasteiger partial charge in [-0.05, 0) is 18.4 Å². The van der Waals surface area contributed by atoms with E-state index in [0.29, 0.717) is 19.5 Å². The van der Waals surface area contributed by atoms with Gasteiger partial charge in [0.2, 0.25) is 11.8 Å². The Kier molecular flexibility index (Phi) is 5.30. The third-order valence-corrected chi connectivity index (χ3v) is 3.64. The standard InChI is InChI=1S/C15H21N3O3/c16-15(21)13-8-12(19)9-18(13)10-14(20)17-7-6-11-4-2-1-3-5-11/h1-5,12-13,19H,6-10H2,(H2,16,21)(H,17,20)/t12-,13-/m0/s1. The number of carbonyl (C=O) groups is 2. The molecule has 2 atom stereocenters. The minimum absolute atomic E-state index is 0.0828. The van der Waals surface area contributed by atoms with Crippen LogP contribution in [0.15, 0.2) is 30.3 Å². The molecule has 2 amide bonds. The van der Waals surface area contributed by atoms with Crippen LogP contribution in [0.4, 0.5) is 0 Å². The minimum Gasteiger partial charge on any atom is -0.392 e. The maximum Gasteiger partial charge on any atom is 0.234 e. The number of aliphatic hydroxyl groups is 1. The lowest BCUT2D eigenvalue weighted by atomic mass is 10.1. The van der Waals surface area contributed by atoms with E-state index in [0.717, 1.165) is 12.0 Å². The van der Waals surface area contributed by atoms with Crippen molar-refractivity contribution in [1.82, 2.24) is 10.2 Å². The Bertz CT molecular complexity index is 492. The molecule has 0 unspecified atom stereocenters. The molecule has 1 aliphatic rings. The first-order valence-electron chi connectivity index (χ1n) is 7.08. The Morgan fingerprint density at radius 2 is 2.05 bits per heavy atom. The first kappa shape index (κ1) is 15.5. The van der Waals surface area contributed by atoms with E-state index in [9.17, 15) is 14.7 Å². The number of nitrogens with two attached hydrogens (primary N) is 1. The van der Waals surface area contributed by atoms with Gasteiger partial charge in [0.15, 0.2) is 0 Å². The second kappa shape index (κ2) is 7.19. The topological polar surface area (TPSA) is 95.7 Å². The molecule has 21 heavy (non-hydrogen) atoms. The highest BCUT2D eigenvalue weighted by molar-refractivity contribution is 5.82. The Balaban J connectivity index is 1.75. The van der Waals surface area contributed by atoms with E-state index in [4.69, 9.17) is 5.73 Å². The fraction of sp³-hybridized carbons (Fsp3) is 0.467. The summed E-state index contributed by atoms with van der Waals surface area (Å²) >= 11 is 0. The third kappa shape index (κ3) is 4.54. The van der Waals surface area contributed by atoms with Crippen LogP contribution in [0.5, 0.6) is 0 Å². The van der Waals surface area contributed by atoms with Crippen molar-refractivity contribution in [3.63, 3.8) is 0 Å². The Morgan fingerprint density at radius 3 is 2.71 bits per heavy atom. The van der Waals surface area contributed by atoms with Crippen molar-refractivity contribution >= 4 is 11.8 Å². The molecule has 114 valence electrons. The summed E-state index contributed by atoms with van der Waals surface area (Å²) in [5.41, 5.74) is 6.44. The molecule has 0 saturated carbocycles. The number of likely N-dealkylation sites (tertiary alicyclic amines) is 1. The molecule has 0 spiro atoms. The predicted molar refractivity (Wildman–Crippen MR) is 78.3 cm³/mol. The number of nitrogens with zero attached hydrogens (tertiary/aromatic N) is 1. The highest BCUT2D eigenvalue weighted by Crippen LogP contribution is 2.16. The van der Waals surface area contributed by atoms with Crippen LogP contribution >= 0.6 is 0 Å². The largest absolute Gasteiger partial charge is 0.392 e. The molecule has 1 saturated heterocycles. The molecular weight excluding hydrogens is 270 g/mol. The van der Waals surface area contributed by atoms with Crippen LogP contribution in [-0.4, -0.2) is 53.6 Å². The average molecular weight is 291 g/mol. The van der Waals surface area contributed by atoms with Gasteiger partial charge in [0, 0.05) is 13.1 Å². The summed E-state index contributed by atoms with van der Waals surface area (Å²) < 4.78 is 0. The number of amides is 2. The molecule has 0 aliphatic carbocycles. The molecule has 1 fully saturated rings. The van der Waals surface area contributed by atoms with Crippen molar-refractivity contribution in [2.45, 2.75) is 25.0 Å². The summed E-state index contributed by atoms with van der Waals surface area (Å²) in [7, 11) is 0. The van der Waals surface area contributed by atoms with Crippen LogP contribution in [0.25, 0.3) is 0 Å². The molecule has 6 heteroatoms. The molecule has 1 aromatic carbocycles. The average Bonchev–Trinajstić information content (AvgIpc) is 2.81. The Hall–Kier alpha value is -1.92. The van der Waals surface area contributed by atoms with Gasteiger partial charge in [-0.15, -0.1) is 0 Å². The summed E-state index contributed by atoms with van der Waals surface area (Å²) in [5.74, 6) is -0.657. The van der Waals surface area contributed by atoms with Gasteiger partial charge < -0.3 is 16.2 Å². The highest BCUT2D eigenvalue weighted by Gasteiger charge is 2.35. The lowest BCUT2D eigenvalue weighted by Crippen LogP contribution is -2.45. The van der Waals surface area contributed by atoms with Gasteiger partial charge in [-0.1, -0.05) is 30.3 Å². The second-order valence-corrected chi connectivity index (χ2v) is 5.32. The van der Waals surface area contributed by atoms with E-state index in [1.54, 1.807) is 4.90 Å². The lowest BCUT2D eigenvalue weighted by Gasteiger charge is -2.20. The number of nitrogens with one attached hydrogen (secondary N) is 1. The van der Waals surface area contributed by atoms with Crippen LogP contribution in [-0.2, 0) is 16.0 Å². The summed E-state index contributed by atoms with van der Waals surface area (Å²) in [5, 5.41) is 12.4. The summed E-state index contributed by atoms with van der Waals surface area (Å²) in [6, 6.07) is 9.32. The fourth-order valence-corrected chi connectivity index (χ4v) is 2.58. The van der Waals surface area contributed by atoms with E-state index < -0.39 is 18.1 Å². The number of carbonyl (C=O) groups excluding carboxylic acids is 2. The predicted octanol–water partition coefficient (Wildman–Crippen LogP) is -0.734. The number of primary amides is 1. The smallest absolute Gasteiger partial charge is 0.234 e. The molecule has 1 heterocycles. The maximum atomic E-state index is 11.9. The van der Waals surface area contributed by atoms with Crippen molar-refractivity contribution in [2.75, 3.05) is 19.6 Å². The quantitative estimate of drug-likeness (QED) is 0.643. The van der Waals surface area contributed by atoms with Gasteiger partial charge >= 0.3 is 0 Å². The van der Waals surface area contributed by atoms with Crippen molar-refractivity contribution in [3.05, 3.63) is 35.9 Å². The molecule has 0 radical (unpaired) electrons. The summed E-state index contributed by atoms with van der Waals surface area (Å²) in [6.07, 6.45) is 0.459. The minimum atomic E-state index is -0.598. The molecule has 1 aliphatic heterocycles. The number of rotatable bonds is 6. The number of β-amino-alcohol motifs (C(OH)–C–C–N with tert-alkyl or cyclic N) is 1. The van der Waals surface area contributed by atoms with Gasteiger partial charge in [0.25, 0.3) is 0 Å². The molecule has 1 aromatic rings. The zero-order chi connectivity index (χ0) is 15.2. The van der Waals surface area contributed by atoms with E-state index in [2.05, 4.69) is 5.32 Å². The molecule has 4 N–H and O–H groups in total. The van der Waals surface area contributed by atoms with E-state index in [1.807, 2.05) is 30.3 Å². The first-order chi connectivity index (χ1) is 10.1. The van der Waals surface area contributed by atoms with E-state index in [1.165, 1.54) is 0 Å². The lowest BCUT2D eigenvalue weighted by molar-refractivity contribution is -0.125. The molecule has 2 rings (SSSR count). The van der Waals surface area contributed by atoms with Gasteiger partial charge in [-0.3, -0.25) is 14.5 Å². The summed E-state index contributed by atoms with van der Waals surface area (Å²) in [4.78, 5) is 24.8. The number of benzene rings is 1. The van der Waals surface area contributed by atoms with Crippen LogP contribution in [0.2, 0.25) is 0 Å². The van der Waals surface area contributed by atoms with Crippen molar-refractivity contribution in [1.29, 1.82) is 0 Å². The normalized spacial score (nSPS) is 22.1. The van der Waals surface area contributed by atoms with Gasteiger partial charge in [0.05, 0.1) is 18.7 Å². The number of hydrogen-bond acceptors (Lipinski definition) is 4. The molecule has 0 bridgehead atoms. The van der Waals surface area contributed by atoms with Crippen LogP contribution in [0.3, 0.4) is 0 Å². The van der Waals surface area contributed by atoms with Gasteiger partial charge in [0.1, 0.15) is 0 Å².